The van der Waals surface area contributed by atoms with Gasteiger partial charge in [0.2, 0.25) is 0 Å². The number of fused-ring (bicyclic) bond motifs is 2. The lowest BCUT2D eigenvalue weighted by atomic mass is 9.82. The number of para-hydroxylation sites is 1. The number of aromatic hydroxyl groups is 1. The van der Waals surface area contributed by atoms with Crippen molar-refractivity contribution in [2.45, 2.75) is 9.79 Å². The number of carbonyl (C=O) groups excluding carboxylic acids is 2. The number of benzene rings is 4. The standard InChI is InChI=1S/C26H17NO3S/c28-22-14-13-21(27-16-7-3-1-4-8-16)23-24(22)25(29)19-12-11-18(15-20(19)26(23)30)31-17-9-5-2-6-10-17/h1-15,27-28H. The molecular formula is C26H17NO3S. The molecule has 0 atom stereocenters. The molecule has 1 aliphatic carbocycles. The molecule has 0 radical (unpaired) electrons. The molecule has 1 aliphatic rings. The Balaban J connectivity index is 1.59. The Morgan fingerprint density at radius 2 is 1.32 bits per heavy atom. The number of anilines is 2. The van der Waals surface area contributed by atoms with E-state index in [0.717, 1.165) is 15.5 Å². The third-order valence-corrected chi connectivity index (χ3v) is 6.15. The van der Waals surface area contributed by atoms with Crippen molar-refractivity contribution < 1.29 is 14.7 Å². The average molecular weight is 423 g/mol. The van der Waals surface area contributed by atoms with Crippen LogP contribution in [0, 0.1) is 0 Å². The minimum absolute atomic E-state index is 0.0434. The van der Waals surface area contributed by atoms with Crippen molar-refractivity contribution in [2.75, 3.05) is 5.32 Å². The predicted octanol–water partition coefficient (Wildman–Crippen LogP) is 6.06. The van der Waals surface area contributed by atoms with Crippen molar-refractivity contribution in [2.24, 2.45) is 0 Å². The Bertz CT molecular complexity index is 1320. The van der Waals surface area contributed by atoms with E-state index in [0.29, 0.717) is 16.8 Å². The number of carbonyl (C=O) groups is 2. The first kappa shape index (κ1) is 19.2. The Morgan fingerprint density at radius 3 is 2.06 bits per heavy atom. The van der Waals surface area contributed by atoms with Gasteiger partial charge in [-0.15, -0.1) is 0 Å². The minimum atomic E-state index is -0.352. The van der Waals surface area contributed by atoms with E-state index in [2.05, 4.69) is 5.32 Å². The summed E-state index contributed by atoms with van der Waals surface area (Å²) in [7, 11) is 0. The second kappa shape index (κ2) is 7.78. The van der Waals surface area contributed by atoms with E-state index < -0.39 is 0 Å². The Kier molecular flexibility index (Phi) is 4.81. The number of nitrogens with one attached hydrogen (secondary N) is 1. The monoisotopic (exact) mass is 423 g/mol. The fraction of sp³-hybridized carbons (Fsp3) is 0. The van der Waals surface area contributed by atoms with E-state index in [1.54, 1.807) is 18.2 Å². The molecule has 0 spiro atoms. The summed E-state index contributed by atoms with van der Waals surface area (Å²) in [4.78, 5) is 28.6. The second-order valence-electron chi connectivity index (χ2n) is 7.15. The van der Waals surface area contributed by atoms with Crippen molar-refractivity contribution >= 4 is 34.7 Å². The largest absolute Gasteiger partial charge is 0.507 e. The van der Waals surface area contributed by atoms with Gasteiger partial charge in [0, 0.05) is 26.6 Å². The molecule has 0 unspecified atom stereocenters. The second-order valence-corrected chi connectivity index (χ2v) is 8.30. The van der Waals surface area contributed by atoms with E-state index in [9.17, 15) is 14.7 Å². The zero-order chi connectivity index (χ0) is 21.4. The van der Waals surface area contributed by atoms with Gasteiger partial charge in [0.05, 0.1) is 16.8 Å². The first-order valence-corrected chi connectivity index (χ1v) is 10.6. The summed E-state index contributed by atoms with van der Waals surface area (Å²) in [5.41, 5.74) is 2.17. The summed E-state index contributed by atoms with van der Waals surface area (Å²) in [5.74, 6) is -0.829. The van der Waals surface area contributed by atoms with Gasteiger partial charge in [-0.3, -0.25) is 9.59 Å². The molecule has 0 fully saturated rings. The molecule has 0 aliphatic heterocycles. The third-order valence-electron chi connectivity index (χ3n) is 5.15. The third kappa shape index (κ3) is 3.49. The van der Waals surface area contributed by atoms with Crippen LogP contribution in [0.3, 0.4) is 0 Å². The number of phenols is 1. The van der Waals surface area contributed by atoms with Crippen LogP contribution in [0.25, 0.3) is 0 Å². The van der Waals surface area contributed by atoms with Crippen molar-refractivity contribution in [3.63, 3.8) is 0 Å². The summed E-state index contributed by atoms with van der Waals surface area (Å²) >= 11 is 1.53. The van der Waals surface area contributed by atoms with E-state index in [-0.39, 0.29) is 28.4 Å². The SMILES string of the molecule is O=C1c2ccc(Sc3ccccc3)cc2C(=O)c2c(Nc3ccccc3)ccc(O)c21. The van der Waals surface area contributed by atoms with Crippen LogP contribution in [0.15, 0.2) is 101 Å². The van der Waals surface area contributed by atoms with Crippen molar-refractivity contribution in [1.82, 2.24) is 0 Å². The quantitative estimate of drug-likeness (QED) is 0.344. The van der Waals surface area contributed by atoms with Crippen LogP contribution in [0.4, 0.5) is 11.4 Å². The first-order valence-electron chi connectivity index (χ1n) is 9.76. The summed E-state index contributed by atoms with van der Waals surface area (Å²) in [6.45, 7) is 0. The molecule has 0 aromatic heterocycles. The van der Waals surface area contributed by atoms with Crippen LogP contribution < -0.4 is 5.32 Å². The number of rotatable bonds is 4. The summed E-state index contributed by atoms with van der Waals surface area (Å²) in [5, 5.41) is 13.6. The highest BCUT2D eigenvalue weighted by atomic mass is 32.2. The molecule has 0 saturated heterocycles. The van der Waals surface area contributed by atoms with Gasteiger partial charge in [0.1, 0.15) is 5.75 Å². The summed E-state index contributed by atoms with van der Waals surface area (Å²) < 4.78 is 0. The highest BCUT2D eigenvalue weighted by molar-refractivity contribution is 7.99. The smallest absolute Gasteiger partial charge is 0.198 e. The molecular weight excluding hydrogens is 406 g/mol. The Hall–Kier alpha value is -3.83. The van der Waals surface area contributed by atoms with Crippen LogP contribution in [0.2, 0.25) is 0 Å². The van der Waals surface area contributed by atoms with E-state index in [4.69, 9.17) is 0 Å². The van der Waals surface area contributed by atoms with Gasteiger partial charge in [-0.25, -0.2) is 0 Å². The lowest BCUT2D eigenvalue weighted by molar-refractivity contribution is 0.0977. The van der Waals surface area contributed by atoms with Crippen LogP contribution in [0.5, 0.6) is 5.75 Å². The normalized spacial score (nSPS) is 12.3. The lowest BCUT2D eigenvalue weighted by Crippen LogP contribution is -2.22. The lowest BCUT2D eigenvalue weighted by Gasteiger charge is -2.22. The number of hydrogen-bond acceptors (Lipinski definition) is 5. The maximum Gasteiger partial charge on any atom is 0.198 e. The zero-order valence-corrected chi connectivity index (χ0v) is 17.1. The Morgan fingerprint density at radius 1 is 0.645 bits per heavy atom. The number of ketones is 2. The van der Waals surface area contributed by atoms with Gasteiger partial charge in [-0.1, -0.05) is 48.2 Å². The van der Waals surface area contributed by atoms with Crippen LogP contribution in [-0.4, -0.2) is 16.7 Å². The molecule has 5 heteroatoms. The first-order chi connectivity index (χ1) is 15.1. The zero-order valence-electron chi connectivity index (χ0n) is 16.3. The summed E-state index contributed by atoms with van der Waals surface area (Å²) in [6, 6.07) is 27.6. The fourth-order valence-electron chi connectivity index (χ4n) is 3.71. The summed E-state index contributed by atoms with van der Waals surface area (Å²) in [6.07, 6.45) is 0. The maximum atomic E-state index is 13.5. The van der Waals surface area contributed by atoms with Crippen molar-refractivity contribution in [3.8, 4) is 5.75 Å². The van der Waals surface area contributed by atoms with E-state index >= 15 is 0 Å². The van der Waals surface area contributed by atoms with Gasteiger partial charge in [-0.2, -0.15) is 0 Å². The van der Waals surface area contributed by atoms with Crippen LogP contribution in [0.1, 0.15) is 31.8 Å². The van der Waals surface area contributed by atoms with E-state index in [1.165, 1.54) is 17.8 Å². The van der Waals surface area contributed by atoms with Gasteiger partial charge < -0.3 is 10.4 Å². The van der Waals surface area contributed by atoms with Crippen LogP contribution >= 0.6 is 11.8 Å². The number of hydrogen-bond donors (Lipinski definition) is 2. The molecule has 2 N–H and O–H groups in total. The average Bonchev–Trinajstić information content (AvgIpc) is 2.80. The highest BCUT2D eigenvalue weighted by Crippen LogP contribution is 2.39. The molecule has 4 aromatic rings. The molecule has 150 valence electrons. The topological polar surface area (TPSA) is 66.4 Å². The van der Waals surface area contributed by atoms with Gasteiger partial charge in [0.15, 0.2) is 11.6 Å². The molecule has 0 heterocycles. The molecule has 0 saturated carbocycles. The van der Waals surface area contributed by atoms with Gasteiger partial charge in [-0.05, 0) is 54.6 Å². The molecule has 0 bridgehead atoms. The van der Waals surface area contributed by atoms with Crippen molar-refractivity contribution in [3.05, 3.63) is 113 Å². The van der Waals surface area contributed by atoms with Gasteiger partial charge >= 0.3 is 0 Å². The molecule has 31 heavy (non-hydrogen) atoms. The highest BCUT2D eigenvalue weighted by Gasteiger charge is 2.34. The van der Waals surface area contributed by atoms with Crippen molar-refractivity contribution in [1.29, 1.82) is 0 Å². The molecule has 0 amide bonds. The van der Waals surface area contributed by atoms with Gasteiger partial charge in [0.25, 0.3) is 0 Å². The fourth-order valence-corrected chi connectivity index (χ4v) is 4.58. The van der Waals surface area contributed by atoms with E-state index in [1.807, 2.05) is 66.7 Å². The minimum Gasteiger partial charge on any atom is -0.507 e. The Labute approximate surface area is 183 Å². The molecule has 4 nitrogen and oxygen atoms in total. The number of phenolic OH excluding ortho intramolecular Hbond substituents is 1. The maximum absolute atomic E-state index is 13.5. The predicted molar refractivity (Wildman–Crippen MR) is 122 cm³/mol. The molecule has 5 rings (SSSR count). The van der Waals surface area contributed by atoms with Crippen LogP contribution in [-0.2, 0) is 0 Å². The molecule has 4 aromatic carbocycles.